The minimum atomic E-state index is -3.89. The second-order valence-corrected chi connectivity index (χ2v) is 6.88. The predicted octanol–water partition coefficient (Wildman–Crippen LogP) is 1.01. The van der Waals surface area contributed by atoms with E-state index in [0.29, 0.717) is 10.9 Å². The van der Waals surface area contributed by atoms with Gasteiger partial charge in [-0.25, -0.2) is 18.4 Å². The van der Waals surface area contributed by atoms with Crippen molar-refractivity contribution in [2.45, 2.75) is 4.90 Å². The van der Waals surface area contributed by atoms with Crippen LogP contribution < -0.4 is 10.5 Å². The standard InChI is InChI=1S/C16H14N4O5S/c17-26(23,24)11-5-3-4-10(8-11)18-14(21)9-25-16(22)15-12-6-1-2-7-13(12)19-20-15/h1-8H,9H2,(H,18,21)(H,19,20)(H2,17,23,24). The zero-order valence-corrected chi connectivity index (χ0v) is 14.1. The molecule has 0 aliphatic carbocycles. The molecule has 0 fully saturated rings. The van der Waals surface area contributed by atoms with Crippen molar-refractivity contribution < 1.29 is 22.7 Å². The summed E-state index contributed by atoms with van der Waals surface area (Å²) in [6, 6.07) is 12.4. The molecule has 1 heterocycles. The molecule has 0 saturated carbocycles. The van der Waals surface area contributed by atoms with Crippen LogP contribution in [0.25, 0.3) is 10.9 Å². The van der Waals surface area contributed by atoms with Gasteiger partial charge in [-0.1, -0.05) is 24.3 Å². The van der Waals surface area contributed by atoms with Gasteiger partial charge in [-0.2, -0.15) is 5.10 Å². The van der Waals surface area contributed by atoms with Crippen LogP contribution in [0.5, 0.6) is 0 Å². The molecule has 1 amide bonds. The lowest BCUT2D eigenvalue weighted by atomic mass is 10.2. The van der Waals surface area contributed by atoms with Crippen molar-refractivity contribution in [3.8, 4) is 0 Å². The molecule has 0 saturated heterocycles. The molecule has 0 aliphatic heterocycles. The quantitative estimate of drug-likeness (QED) is 0.568. The zero-order chi connectivity index (χ0) is 18.7. The number of para-hydroxylation sites is 1. The smallest absolute Gasteiger partial charge is 0.359 e. The number of amides is 1. The second-order valence-electron chi connectivity index (χ2n) is 5.31. The van der Waals surface area contributed by atoms with Gasteiger partial charge in [0.15, 0.2) is 12.3 Å². The molecule has 0 unspecified atom stereocenters. The van der Waals surface area contributed by atoms with E-state index in [0.717, 1.165) is 0 Å². The lowest BCUT2D eigenvalue weighted by Crippen LogP contribution is -2.21. The van der Waals surface area contributed by atoms with Crippen LogP contribution >= 0.6 is 0 Å². The zero-order valence-electron chi connectivity index (χ0n) is 13.3. The van der Waals surface area contributed by atoms with Crippen molar-refractivity contribution >= 4 is 38.5 Å². The number of esters is 1. The summed E-state index contributed by atoms with van der Waals surface area (Å²) in [6.07, 6.45) is 0. The number of anilines is 1. The Bertz CT molecular complexity index is 1090. The van der Waals surface area contributed by atoms with Crippen molar-refractivity contribution in [1.82, 2.24) is 10.2 Å². The Morgan fingerprint density at radius 1 is 1.15 bits per heavy atom. The van der Waals surface area contributed by atoms with E-state index in [9.17, 15) is 18.0 Å². The lowest BCUT2D eigenvalue weighted by Gasteiger charge is -2.07. The number of aromatic amines is 1. The van der Waals surface area contributed by atoms with E-state index in [4.69, 9.17) is 9.88 Å². The number of rotatable bonds is 5. The van der Waals surface area contributed by atoms with Gasteiger partial charge in [0.2, 0.25) is 10.0 Å². The molecule has 2 aromatic carbocycles. The largest absolute Gasteiger partial charge is 0.451 e. The minimum Gasteiger partial charge on any atom is -0.451 e. The number of nitrogens with two attached hydrogens (primary N) is 1. The number of nitrogens with zero attached hydrogens (tertiary/aromatic N) is 1. The highest BCUT2D eigenvalue weighted by molar-refractivity contribution is 7.89. The number of primary sulfonamides is 1. The number of carbonyl (C=O) groups excluding carboxylic acids is 2. The average Bonchev–Trinajstić information content (AvgIpc) is 3.03. The molecule has 0 radical (unpaired) electrons. The monoisotopic (exact) mass is 374 g/mol. The summed E-state index contributed by atoms with van der Waals surface area (Å²) in [6.45, 7) is -0.556. The fourth-order valence-electron chi connectivity index (χ4n) is 2.27. The van der Waals surface area contributed by atoms with Crippen LogP contribution in [-0.4, -0.2) is 37.1 Å². The molecular formula is C16H14N4O5S. The predicted molar refractivity (Wildman–Crippen MR) is 92.8 cm³/mol. The Balaban J connectivity index is 1.63. The van der Waals surface area contributed by atoms with Gasteiger partial charge in [-0.05, 0) is 24.3 Å². The van der Waals surface area contributed by atoms with Gasteiger partial charge in [0.1, 0.15) is 0 Å². The number of carbonyl (C=O) groups is 2. The van der Waals surface area contributed by atoms with Crippen LogP contribution in [0.1, 0.15) is 10.5 Å². The first-order chi connectivity index (χ1) is 12.3. The highest BCUT2D eigenvalue weighted by atomic mass is 32.2. The first-order valence-electron chi connectivity index (χ1n) is 7.37. The fourth-order valence-corrected chi connectivity index (χ4v) is 2.83. The van der Waals surface area contributed by atoms with E-state index in [1.54, 1.807) is 24.3 Å². The number of benzene rings is 2. The van der Waals surface area contributed by atoms with Crippen LogP contribution in [0.2, 0.25) is 0 Å². The van der Waals surface area contributed by atoms with Gasteiger partial charge in [-0.3, -0.25) is 9.89 Å². The Morgan fingerprint density at radius 2 is 1.92 bits per heavy atom. The van der Waals surface area contributed by atoms with Crippen LogP contribution in [0, 0.1) is 0 Å². The third-order valence-electron chi connectivity index (χ3n) is 3.44. The van der Waals surface area contributed by atoms with Gasteiger partial charge in [0.25, 0.3) is 5.91 Å². The van der Waals surface area contributed by atoms with Gasteiger partial charge in [0, 0.05) is 11.1 Å². The molecular weight excluding hydrogens is 360 g/mol. The van der Waals surface area contributed by atoms with Crippen LogP contribution in [-0.2, 0) is 19.6 Å². The van der Waals surface area contributed by atoms with Crippen LogP contribution in [0.3, 0.4) is 0 Å². The summed E-state index contributed by atoms with van der Waals surface area (Å²) in [5.74, 6) is -1.39. The molecule has 134 valence electrons. The van der Waals surface area contributed by atoms with Crippen molar-refractivity contribution in [3.63, 3.8) is 0 Å². The molecule has 4 N–H and O–H groups in total. The summed E-state index contributed by atoms with van der Waals surface area (Å²) in [4.78, 5) is 23.9. The van der Waals surface area contributed by atoms with Crippen molar-refractivity contribution in [2.24, 2.45) is 5.14 Å². The number of hydrogen-bond donors (Lipinski definition) is 3. The Morgan fingerprint density at radius 3 is 2.69 bits per heavy atom. The van der Waals surface area contributed by atoms with Crippen LogP contribution in [0.15, 0.2) is 53.4 Å². The Labute approximate surface area is 148 Å². The average molecular weight is 374 g/mol. The third-order valence-corrected chi connectivity index (χ3v) is 4.36. The number of ether oxygens (including phenoxy) is 1. The van der Waals surface area contributed by atoms with Crippen LogP contribution in [0.4, 0.5) is 5.69 Å². The maximum atomic E-state index is 12.1. The molecule has 26 heavy (non-hydrogen) atoms. The third kappa shape index (κ3) is 3.87. The molecule has 0 spiro atoms. The number of fused-ring (bicyclic) bond motifs is 1. The van der Waals surface area contributed by atoms with Crippen molar-refractivity contribution in [3.05, 3.63) is 54.2 Å². The Kier molecular flexibility index (Phi) is 4.69. The van der Waals surface area contributed by atoms with E-state index in [-0.39, 0.29) is 16.3 Å². The second kappa shape index (κ2) is 6.94. The highest BCUT2D eigenvalue weighted by Crippen LogP contribution is 2.16. The SMILES string of the molecule is NS(=O)(=O)c1cccc(NC(=O)COC(=O)c2n[nH]c3ccccc23)c1. The van der Waals surface area contributed by atoms with E-state index in [2.05, 4.69) is 15.5 Å². The summed E-state index contributed by atoms with van der Waals surface area (Å²) >= 11 is 0. The molecule has 3 rings (SSSR count). The van der Waals surface area contributed by atoms with Crippen molar-refractivity contribution in [2.75, 3.05) is 11.9 Å². The van der Waals surface area contributed by atoms with Gasteiger partial charge in [-0.15, -0.1) is 0 Å². The number of H-pyrrole nitrogens is 1. The van der Waals surface area contributed by atoms with E-state index in [1.807, 2.05) is 0 Å². The molecule has 0 bridgehead atoms. The molecule has 0 aliphatic rings. The number of sulfonamides is 1. The summed E-state index contributed by atoms with van der Waals surface area (Å²) < 4.78 is 27.6. The van der Waals surface area contributed by atoms with Gasteiger partial charge < -0.3 is 10.1 Å². The maximum absolute atomic E-state index is 12.1. The minimum absolute atomic E-state index is 0.0737. The summed E-state index contributed by atoms with van der Waals surface area (Å²) in [5.41, 5.74) is 0.955. The molecule has 9 nitrogen and oxygen atoms in total. The van der Waals surface area contributed by atoms with Gasteiger partial charge in [0.05, 0.1) is 10.4 Å². The molecule has 1 aromatic heterocycles. The lowest BCUT2D eigenvalue weighted by molar-refractivity contribution is -0.119. The molecule has 3 aromatic rings. The summed E-state index contributed by atoms with van der Waals surface area (Å²) in [5, 5.41) is 14.6. The fraction of sp³-hybridized carbons (Fsp3) is 0.0625. The van der Waals surface area contributed by atoms with Gasteiger partial charge >= 0.3 is 5.97 Å². The van der Waals surface area contributed by atoms with Crippen molar-refractivity contribution in [1.29, 1.82) is 0 Å². The summed E-state index contributed by atoms with van der Waals surface area (Å²) in [7, 11) is -3.89. The number of hydrogen-bond acceptors (Lipinski definition) is 6. The Hall–Kier alpha value is -3.24. The van der Waals surface area contributed by atoms with E-state index in [1.165, 1.54) is 24.3 Å². The first kappa shape index (κ1) is 17.6. The topological polar surface area (TPSA) is 144 Å². The first-order valence-corrected chi connectivity index (χ1v) is 8.92. The normalized spacial score (nSPS) is 11.3. The number of aromatic nitrogens is 2. The maximum Gasteiger partial charge on any atom is 0.359 e. The van der Waals surface area contributed by atoms with E-state index < -0.39 is 28.5 Å². The number of nitrogens with one attached hydrogen (secondary N) is 2. The highest BCUT2D eigenvalue weighted by Gasteiger charge is 2.17. The molecule has 0 atom stereocenters. The van der Waals surface area contributed by atoms with E-state index >= 15 is 0 Å². The molecule has 10 heteroatoms.